The van der Waals surface area contributed by atoms with Gasteiger partial charge in [-0.2, -0.15) is 0 Å². The van der Waals surface area contributed by atoms with Crippen molar-refractivity contribution in [3.63, 3.8) is 0 Å². The Hall–Kier alpha value is -1.55. The van der Waals surface area contributed by atoms with Gasteiger partial charge in [0, 0.05) is 26.3 Å². The molecule has 1 aromatic carbocycles. The SMILES string of the molecule is CCCCNC(=NCc1ccc(C)cc1)NCCCCOCC. The van der Waals surface area contributed by atoms with Crippen LogP contribution in [0.3, 0.4) is 0 Å². The number of benzene rings is 1. The van der Waals surface area contributed by atoms with E-state index in [9.17, 15) is 0 Å². The summed E-state index contributed by atoms with van der Waals surface area (Å²) >= 11 is 0. The number of hydrogen-bond donors (Lipinski definition) is 2. The predicted octanol–water partition coefficient (Wildman–Crippen LogP) is 3.65. The van der Waals surface area contributed by atoms with Gasteiger partial charge in [0.2, 0.25) is 0 Å². The highest BCUT2D eigenvalue weighted by molar-refractivity contribution is 5.79. The molecule has 23 heavy (non-hydrogen) atoms. The van der Waals surface area contributed by atoms with Crippen molar-refractivity contribution in [1.82, 2.24) is 10.6 Å². The topological polar surface area (TPSA) is 45.7 Å². The summed E-state index contributed by atoms with van der Waals surface area (Å²) in [5, 5.41) is 6.83. The molecular formula is C19H33N3O. The van der Waals surface area contributed by atoms with Crippen LogP contribution in [0.5, 0.6) is 0 Å². The van der Waals surface area contributed by atoms with Crippen LogP contribution < -0.4 is 10.6 Å². The molecule has 0 amide bonds. The Morgan fingerprint density at radius 1 is 1.00 bits per heavy atom. The van der Waals surface area contributed by atoms with E-state index < -0.39 is 0 Å². The third-order valence-corrected chi connectivity index (χ3v) is 3.58. The molecule has 0 saturated carbocycles. The molecule has 2 N–H and O–H groups in total. The average molecular weight is 319 g/mol. The van der Waals surface area contributed by atoms with Crippen LogP contribution in [0.2, 0.25) is 0 Å². The van der Waals surface area contributed by atoms with E-state index in [1.807, 2.05) is 6.92 Å². The van der Waals surface area contributed by atoms with E-state index in [1.54, 1.807) is 0 Å². The van der Waals surface area contributed by atoms with Gasteiger partial charge in [-0.3, -0.25) is 0 Å². The largest absolute Gasteiger partial charge is 0.382 e. The first-order valence-electron chi connectivity index (χ1n) is 8.91. The lowest BCUT2D eigenvalue weighted by molar-refractivity contribution is 0.143. The Kier molecular flexibility index (Phi) is 11.0. The zero-order valence-electron chi connectivity index (χ0n) is 15.0. The summed E-state index contributed by atoms with van der Waals surface area (Å²) in [4.78, 5) is 4.69. The zero-order chi connectivity index (χ0) is 16.8. The van der Waals surface area contributed by atoms with Crippen LogP contribution in [0.4, 0.5) is 0 Å². The number of nitrogens with one attached hydrogen (secondary N) is 2. The number of unbranched alkanes of at least 4 members (excludes halogenated alkanes) is 2. The molecule has 1 aromatic rings. The maximum absolute atomic E-state index is 5.36. The summed E-state index contributed by atoms with van der Waals surface area (Å²) in [6, 6.07) is 8.56. The second-order valence-electron chi connectivity index (χ2n) is 5.76. The molecule has 0 aliphatic rings. The zero-order valence-corrected chi connectivity index (χ0v) is 15.0. The minimum Gasteiger partial charge on any atom is -0.382 e. The van der Waals surface area contributed by atoms with Gasteiger partial charge in [-0.05, 0) is 38.7 Å². The maximum atomic E-state index is 5.36. The molecule has 0 aliphatic carbocycles. The van der Waals surface area contributed by atoms with Gasteiger partial charge in [0.25, 0.3) is 0 Å². The summed E-state index contributed by atoms with van der Waals surface area (Å²) in [5.74, 6) is 0.912. The highest BCUT2D eigenvalue weighted by Crippen LogP contribution is 2.04. The molecule has 130 valence electrons. The average Bonchev–Trinajstić information content (AvgIpc) is 2.56. The van der Waals surface area contributed by atoms with Crippen molar-refractivity contribution in [2.24, 2.45) is 4.99 Å². The summed E-state index contributed by atoms with van der Waals surface area (Å²) in [7, 11) is 0. The molecule has 0 fully saturated rings. The molecule has 1 rings (SSSR count). The standard InChI is InChI=1S/C19H33N3O/c1-4-6-13-20-19(21-14-7-8-15-23-5-2)22-16-18-11-9-17(3)10-12-18/h9-12H,4-8,13-16H2,1-3H3,(H2,20,21,22). The number of aliphatic imine (C=N–C) groups is 1. The van der Waals surface area contributed by atoms with E-state index >= 15 is 0 Å². The van der Waals surface area contributed by atoms with E-state index in [0.717, 1.165) is 51.5 Å². The molecule has 0 atom stereocenters. The van der Waals surface area contributed by atoms with Crippen LogP contribution >= 0.6 is 0 Å². The highest BCUT2D eigenvalue weighted by Gasteiger charge is 1.99. The van der Waals surface area contributed by atoms with E-state index in [-0.39, 0.29) is 0 Å². The predicted molar refractivity (Wildman–Crippen MR) is 99.0 cm³/mol. The van der Waals surface area contributed by atoms with Gasteiger partial charge in [-0.1, -0.05) is 43.2 Å². The minimum atomic E-state index is 0.709. The number of rotatable bonds is 11. The van der Waals surface area contributed by atoms with Gasteiger partial charge in [0.1, 0.15) is 0 Å². The third kappa shape index (κ3) is 9.95. The molecule has 0 radical (unpaired) electrons. The summed E-state index contributed by atoms with van der Waals surface area (Å²) in [5.41, 5.74) is 2.52. The van der Waals surface area contributed by atoms with E-state index in [4.69, 9.17) is 9.73 Å². The van der Waals surface area contributed by atoms with Crippen molar-refractivity contribution < 1.29 is 4.74 Å². The lowest BCUT2D eigenvalue weighted by Crippen LogP contribution is -2.38. The Labute approximate surface area is 141 Å². The van der Waals surface area contributed by atoms with Crippen LogP contribution in [0.1, 0.15) is 50.7 Å². The Balaban J connectivity index is 2.40. The maximum Gasteiger partial charge on any atom is 0.191 e. The molecule has 0 saturated heterocycles. The first kappa shape index (κ1) is 19.5. The first-order chi connectivity index (χ1) is 11.3. The molecule has 4 heteroatoms. The van der Waals surface area contributed by atoms with Gasteiger partial charge in [-0.25, -0.2) is 4.99 Å². The molecular weight excluding hydrogens is 286 g/mol. The van der Waals surface area contributed by atoms with Crippen molar-refractivity contribution in [3.8, 4) is 0 Å². The summed E-state index contributed by atoms with van der Waals surface area (Å²) < 4.78 is 5.36. The van der Waals surface area contributed by atoms with Crippen LogP contribution in [-0.4, -0.2) is 32.3 Å². The smallest absolute Gasteiger partial charge is 0.191 e. The minimum absolute atomic E-state index is 0.709. The molecule has 0 unspecified atom stereocenters. The van der Waals surface area contributed by atoms with E-state index in [2.05, 4.69) is 48.7 Å². The van der Waals surface area contributed by atoms with Crippen LogP contribution in [-0.2, 0) is 11.3 Å². The fourth-order valence-electron chi connectivity index (χ4n) is 2.10. The quantitative estimate of drug-likeness (QED) is 0.372. The number of guanidine groups is 1. The number of ether oxygens (including phenoxy) is 1. The number of hydrogen-bond acceptors (Lipinski definition) is 2. The van der Waals surface area contributed by atoms with Gasteiger partial charge in [0.05, 0.1) is 6.54 Å². The molecule has 0 aliphatic heterocycles. The highest BCUT2D eigenvalue weighted by atomic mass is 16.5. The lowest BCUT2D eigenvalue weighted by Gasteiger charge is -2.12. The Morgan fingerprint density at radius 2 is 1.70 bits per heavy atom. The molecule has 0 spiro atoms. The van der Waals surface area contributed by atoms with Crippen molar-refractivity contribution in [3.05, 3.63) is 35.4 Å². The number of aryl methyl sites for hydroxylation is 1. The fraction of sp³-hybridized carbons (Fsp3) is 0.632. The van der Waals surface area contributed by atoms with Gasteiger partial charge >= 0.3 is 0 Å². The first-order valence-corrected chi connectivity index (χ1v) is 8.91. The van der Waals surface area contributed by atoms with Gasteiger partial charge in [-0.15, -0.1) is 0 Å². The molecule has 0 bridgehead atoms. The summed E-state index contributed by atoms with van der Waals surface area (Å²) in [6.45, 7) is 10.6. The van der Waals surface area contributed by atoms with E-state index in [1.165, 1.54) is 17.5 Å². The normalized spacial score (nSPS) is 11.5. The van der Waals surface area contributed by atoms with Crippen LogP contribution in [0.25, 0.3) is 0 Å². The molecule has 4 nitrogen and oxygen atoms in total. The summed E-state index contributed by atoms with van der Waals surface area (Å²) in [6.07, 6.45) is 4.53. The third-order valence-electron chi connectivity index (χ3n) is 3.58. The Morgan fingerprint density at radius 3 is 2.35 bits per heavy atom. The fourth-order valence-corrected chi connectivity index (χ4v) is 2.10. The molecule has 0 aromatic heterocycles. The van der Waals surface area contributed by atoms with E-state index in [0.29, 0.717) is 6.54 Å². The van der Waals surface area contributed by atoms with Crippen LogP contribution in [0, 0.1) is 6.92 Å². The van der Waals surface area contributed by atoms with Crippen molar-refractivity contribution in [2.45, 2.75) is 53.0 Å². The van der Waals surface area contributed by atoms with Crippen molar-refractivity contribution >= 4 is 5.96 Å². The van der Waals surface area contributed by atoms with Gasteiger partial charge < -0.3 is 15.4 Å². The van der Waals surface area contributed by atoms with Gasteiger partial charge in [0.15, 0.2) is 5.96 Å². The molecule has 0 heterocycles. The van der Waals surface area contributed by atoms with Crippen molar-refractivity contribution in [2.75, 3.05) is 26.3 Å². The Bertz CT molecular complexity index is 429. The second-order valence-corrected chi connectivity index (χ2v) is 5.76. The second kappa shape index (κ2) is 12.9. The number of nitrogens with zero attached hydrogens (tertiary/aromatic N) is 1. The van der Waals surface area contributed by atoms with Crippen molar-refractivity contribution in [1.29, 1.82) is 0 Å². The van der Waals surface area contributed by atoms with Crippen LogP contribution in [0.15, 0.2) is 29.3 Å². The lowest BCUT2D eigenvalue weighted by atomic mass is 10.1. The monoisotopic (exact) mass is 319 g/mol.